The molecule has 3 amide bonds. The van der Waals surface area contributed by atoms with Crippen LogP contribution in [0.1, 0.15) is 43.7 Å². The first-order valence-corrected chi connectivity index (χ1v) is 14.2. The second-order valence-electron chi connectivity index (χ2n) is 10.0. The molecule has 2 aliphatic heterocycles. The summed E-state index contributed by atoms with van der Waals surface area (Å²) in [5.41, 5.74) is 2.68. The summed E-state index contributed by atoms with van der Waals surface area (Å²) in [5.74, 6) is -0.506. The number of amides is 3. The number of benzene rings is 1. The minimum atomic E-state index is -0.836. The molecule has 10 nitrogen and oxygen atoms in total. The van der Waals surface area contributed by atoms with Crippen molar-refractivity contribution in [3.63, 3.8) is 0 Å². The van der Waals surface area contributed by atoms with Crippen LogP contribution >= 0.6 is 11.3 Å². The van der Waals surface area contributed by atoms with Gasteiger partial charge in [0, 0.05) is 18.3 Å². The van der Waals surface area contributed by atoms with Crippen LogP contribution in [0.2, 0.25) is 0 Å². The van der Waals surface area contributed by atoms with E-state index in [2.05, 4.69) is 25.7 Å². The third-order valence-electron chi connectivity index (χ3n) is 7.52. The Morgan fingerprint density at radius 3 is 2.62 bits per heavy atom. The number of ether oxygens (including phenoxy) is 1. The van der Waals surface area contributed by atoms with Gasteiger partial charge >= 0.3 is 6.09 Å². The van der Waals surface area contributed by atoms with Crippen LogP contribution in [0.3, 0.4) is 0 Å². The highest BCUT2D eigenvalue weighted by atomic mass is 32.1. The van der Waals surface area contributed by atoms with Crippen LogP contribution < -0.4 is 16.0 Å². The number of alkyl carbamates (subject to hydrolysis) is 1. The van der Waals surface area contributed by atoms with Crippen LogP contribution in [-0.4, -0.2) is 71.6 Å². The maximum atomic E-state index is 14.1. The number of carbonyl (C=O) groups is 3. The zero-order valence-corrected chi connectivity index (χ0v) is 23.0. The highest BCUT2D eigenvalue weighted by Gasteiger charge is 2.40. The van der Waals surface area contributed by atoms with Crippen molar-refractivity contribution in [2.75, 3.05) is 26.7 Å². The number of pyridine rings is 1. The number of fused-ring (bicyclic) bond motifs is 1. The van der Waals surface area contributed by atoms with Gasteiger partial charge in [0.25, 0.3) is 0 Å². The van der Waals surface area contributed by atoms with Crippen LogP contribution in [0.4, 0.5) is 4.79 Å². The predicted molar refractivity (Wildman–Crippen MR) is 149 cm³/mol. The summed E-state index contributed by atoms with van der Waals surface area (Å²) < 4.78 is 5.65. The standard InChI is InChI=1S/C28H34N6O4S/c1-17(31-28(37)38-2)25(35)32-23(19-10-13-29-14-11-19)27(36)34-16-6-9-20(34)26-33-24-21(39-26)12-15-30-22(24)18-7-4-3-5-8-18/h3-5,7-8,12,15,17,19-20,23,29H,6,9-11,13-14,16H2,1-2H3,(H,31,37)(H,32,35)/t17-,20-,23-/m0/s1. The fourth-order valence-corrected chi connectivity index (χ4v) is 6.54. The molecule has 3 atom stereocenters. The molecule has 0 saturated carbocycles. The summed E-state index contributed by atoms with van der Waals surface area (Å²) in [5, 5.41) is 9.67. The van der Waals surface area contributed by atoms with Crippen molar-refractivity contribution in [1.82, 2.24) is 30.8 Å². The molecule has 0 spiro atoms. The topological polar surface area (TPSA) is 126 Å². The van der Waals surface area contributed by atoms with E-state index in [0.717, 1.165) is 65.3 Å². The van der Waals surface area contributed by atoms with E-state index in [9.17, 15) is 14.4 Å². The van der Waals surface area contributed by atoms with Gasteiger partial charge in [0.15, 0.2) is 0 Å². The van der Waals surface area contributed by atoms with E-state index in [-0.39, 0.29) is 17.9 Å². The summed E-state index contributed by atoms with van der Waals surface area (Å²) in [6.45, 7) is 3.76. The van der Waals surface area contributed by atoms with Crippen molar-refractivity contribution in [1.29, 1.82) is 0 Å². The van der Waals surface area contributed by atoms with Gasteiger partial charge in [-0.05, 0) is 57.7 Å². The molecule has 2 saturated heterocycles. The number of methoxy groups -OCH3 is 1. The lowest BCUT2D eigenvalue weighted by molar-refractivity contribution is -0.139. The molecule has 206 valence electrons. The Morgan fingerprint density at radius 1 is 1.10 bits per heavy atom. The Kier molecular flexibility index (Phi) is 8.37. The average molecular weight is 551 g/mol. The van der Waals surface area contributed by atoms with Gasteiger partial charge in [0.1, 0.15) is 22.6 Å². The monoisotopic (exact) mass is 550 g/mol. The van der Waals surface area contributed by atoms with Gasteiger partial charge in [-0.25, -0.2) is 9.78 Å². The van der Waals surface area contributed by atoms with Crippen molar-refractivity contribution in [2.45, 2.75) is 50.7 Å². The number of likely N-dealkylation sites (tertiary alicyclic amines) is 1. The van der Waals surface area contributed by atoms with E-state index in [1.54, 1.807) is 24.5 Å². The number of nitrogens with one attached hydrogen (secondary N) is 3. The third kappa shape index (κ3) is 5.89. The Morgan fingerprint density at radius 2 is 1.87 bits per heavy atom. The van der Waals surface area contributed by atoms with Gasteiger partial charge in [-0.1, -0.05) is 30.3 Å². The highest BCUT2D eigenvalue weighted by molar-refractivity contribution is 7.18. The van der Waals surface area contributed by atoms with Gasteiger partial charge < -0.3 is 25.6 Å². The van der Waals surface area contributed by atoms with Crippen molar-refractivity contribution in [3.8, 4) is 11.3 Å². The van der Waals surface area contributed by atoms with Crippen molar-refractivity contribution < 1.29 is 19.1 Å². The number of hydrogen-bond acceptors (Lipinski definition) is 8. The summed E-state index contributed by atoms with van der Waals surface area (Å²) in [6, 6.07) is 10.3. The van der Waals surface area contributed by atoms with Gasteiger partial charge in [0.2, 0.25) is 11.8 Å². The minimum absolute atomic E-state index is 0.00136. The van der Waals surface area contributed by atoms with E-state index >= 15 is 0 Å². The maximum absolute atomic E-state index is 14.1. The zero-order chi connectivity index (χ0) is 27.4. The van der Waals surface area contributed by atoms with Crippen molar-refractivity contribution in [2.24, 2.45) is 5.92 Å². The van der Waals surface area contributed by atoms with Crippen LogP contribution in [0, 0.1) is 5.92 Å². The van der Waals surface area contributed by atoms with Crippen LogP contribution in [0.15, 0.2) is 42.6 Å². The number of aromatic nitrogens is 2. The smallest absolute Gasteiger partial charge is 0.407 e. The molecular formula is C28H34N6O4S. The van der Waals surface area contributed by atoms with E-state index in [1.807, 2.05) is 41.3 Å². The number of rotatable bonds is 7. The van der Waals surface area contributed by atoms with Crippen LogP contribution in [0.25, 0.3) is 21.5 Å². The second kappa shape index (κ2) is 12.1. The number of carbonyl (C=O) groups excluding carboxylic acids is 3. The SMILES string of the molecule is COC(=O)N[C@@H](C)C(=O)N[C@H](C(=O)N1CCC[C@H]1c1nc2c(-c3ccccc3)nccc2s1)C1CCNCC1. The fourth-order valence-electron chi connectivity index (χ4n) is 5.43. The Labute approximate surface area is 231 Å². The van der Waals surface area contributed by atoms with Gasteiger partial charge in [-0.15, -0.1) is 11.3 Å². The summed E-state index contributed by atoms with van der Waals surface area (Å²) in [4.78, 5) is 50.3. The number of thiazole rings is 1. The molecule has 3 aromatic rings. The molecule has 1 aromatic carbocycles. The molecule has 39 heavy (non-hydrogen) atoms. The Balaban J connectivity index is 1.40. The number of piperidine rings is 1. The normalized spacial score (nSPS) is 19.4. The molecule has 0 radical (unpaired) electrons. The van der Waals surface area contributed by atoms with Crippen molar-refractivity contribution in [3.05, 3.63) is 47.6 Å². The molecule has 2 aliphatic rings. The number of hydrogen-bond donors (Lipinski definition) is 3. The molecule has 0 bridgehead atoms. The lowest BCUT2D eigenvalue weighted by atomic mass is 9.89. The van der Waals surface area contributed by atoms with E-state index < -0.39 is 24.1 Å². The first-order valence-electron chi connectivity index (χ1n) is 13.4. The largest absolute Gasteiger partial charge is 0.453 e. The summed E-state index contributed by atoms with van der Waals surface area (Å²) >= 11 is 1.60. The molecule has 2 aromatic heterocycles. The summed E-state index contributed by atoms with van der Waals surface area (Å²) in [6.07, 6.45) is 4.34. The molecule has 4 heterocycles. The van der Waals surface area contributed by atoms with E-state index in [1.165, 1.54) is 7.11 Å². The highest BCUT2D eigenvalue weighted by Crippen LogP contribution is 2.39. The Bertz CT molecular complexity index is 1330. The molecule has 5 rings (SSSR count). The minimum Gasteiger partial charge on any atom is -0.453 e. The van der Waals surface area contributed by atoms with Crippen LogP contribution in [-0.2, 0) is 14.3 Å². The first-order chi connectivity index (χ1) is 19.0. The molecule has 0 unspecified atom stereocenters. The summed E-state index contributed by atoms with van der Waals surface area (Å²) in [7, 11) is 1.25. The Hall–Kier alpha value is -3.57. The van der Waals surface area contributed by atoms with E-state index in [0.29, 0.717) is 6.54 Å². The third-order valence-corrected chi connectivity index (χ3v) is 8.65. The lowest BCUT2D eigenvalue weighted by Crippen LogP contribution is -2.57. The predicted octanol–water partition coefficient (Wildman–Crippen LogP) is 3.25. The van der Waals surface area contributed by atoms with Crippen molar-refractivity contribution >= 4 is 39.5 Å². The lowest BCUT2D eigenvalue weighted by Gasteiger charge is -2.35. The van der Waals surface area contributed by atoms with Gasteiger partial charge in [-0.2, -0.15) is 0 Å². The van der Waals surface area contributed by atoms with Crippen LogP contribution in [0.5, 0.6) is 0 Å². The van der Waals surface area contributed by atoms with Gasteiger partial charge in [0.05, 0.1) is 23.5 Å². The zero-order valence-electron chi connectivity index (χ0n) is 22.2. The first kappa shape index (κ1) is 27.0. The average Bonchev–Trinajstić information content (AvgIpc) is 3.63. The second-order valence-corrected chi connectivity index (χ2v) is 11.1. The van der Waals surface area contributed by atoms with Gasteiger partial charge in [-0.3, -0.25) is 14.6 Å². The molecule has 11 heteroatoms. The molecule has 0 aliphatic carbocycles. The molecular weight excluding hydrogens is 516 g/mol. The quantitative estimate of drug-likeness (QED) is 0.412. The molecule has 3 N–H and O–H groups in total. The maximum Gasteiger partial charge on any atom is 0.407 e. The number of nitrogens with zero attached hydrogens (tertiary/aromatic N) is 3. The molecule has 2 fully saturated rings. The fraction of sp³-hybridized carbons (Fsp3) is 0.464. The van der Waals surface area contributed by atoms with E-state index in [4.69, 9.17) is 4.98 Å².